The summed E-state index contributed by atoms with van der Waals surface area (Å²) in [6.45, 7) is 2.50. The van der Waals surface area contributed by atoms with Crippen LogP contribution in [0.15, 0.2) is 0 Å². The molecule has 0 unspecified atom stereocenters. The zero-order valence-corrected chi connectivity index (χ0v) is 7.20. The maximum Gasteiger partial charge on any atom is 0.180 e. The van der Waals surface area contributed by atoms with E-state index in [1.807, 2.05) is 6.92 Å². The Kier molecular flexibility index (Phi) is 6.04. The van der Waals surface area contributed by atoms with Crippen LogP contribution >= 0.6 is 15.9 Å². The quantitative estimate of drug-likeness (QED) is 0.415. The number of rotatable bonds is 4. The van der Waals surface area contributed by atoms with Gasteiger partial charge in [-0.15, -0.1) is 0 Å². The summed E-state index contributed by atoms with van der Waals surface area (Å²) in [5.74, 6) is 0.400. The molecular weight excluding hydrogens is 182 g/mol. The van der Waals surface area contributed by atoms with Gasteiger partial charge in [-0.1, -0.05) is 15.9 Å². The van der Waals surface area contributed by atoms with E-state index in [4.69, 9.17) is 10.1 Å². The molecule has 0 aliphatic rings. The Morgan fingerprint density at radius 3 is 2.78 bits per heavy atom. The molecule has 0 amide bonds. The predicted octanol–water partition coefficient (Wildman–Crippen LogP) is 2.18. The summed E-state index contributed by atoms with van der Waals surface area (Å²) in [5, 5.41) is 8.10. The lowest BCUT2D eigenvalue weighted by atomic mass is 10.3. The van der Waals surface area contributed by atoms with Gasteiger partial charge in [-0.25, -0.2) is 0 Å². The summed E-state index contributed by atoms with van der Waals surface area (Å²) < 4.78 is 4.91. The Labute approximate surface area is 64.2 Å². The van der Waals surface area contributed by atoms with Gasteiger partial charge in [0.15, 0.2) is 5.90 Å². The van der Waals surface area contributed by atoms with Crippen LogP contribution in [-0.2, 0) is 4.74 Å². The average molecular weight is 194 g/mol. The molecule has 0 bridgehead atoms. The minimum absolute atomic E-state index is 0.400. The van der Waals surface area contributed by atoms with Crippen molar-refractivity contribution in [3.63, 3.8) is 0 Å². The van der Waals surface area contributed by atoms with Crippen molar-refractivity contribution in [2.75, 3.05) is 11.9 Å². The van der Waals surface area contributed by atoms with Crippen molar-refractivity contribution >= 4 is 21.8 Å². The van der Waals surface area contributed by atoms with Gasteiger partial charge in [-0.3, -0.25) is 5.41 Å². The molecule has 3 heteroatoms. The van der Waals surface area contributed by atoms with E-state index in [2.05, 4.69) is 15.9 Å². The topological polar surface area (TPSA) is 33.1 Å². The monoisotopic (exact) mass is 193 g/mol. The van der Waals surface area contributed by atoms with Crippen molar-refractivity contribution in [2.45, 2.75) is 19.8 Å². The number of hydrogen-bond acceptors (Lipinski definition) is 2. The van der Waals surface area contributed by atoms with E-state index in [1.54, 1.807) is 0 Å². The summed E-state index contributed by atoms with van der Waals surface area (Å²) in [7, 11) is 0. The van der Waals surface area contributed by atoms with E-state index in [0.717, 1.165) is 18.2 Å². The van der Waals surface area contributed by atoms with Crippen LogP contribution in [0.2, 0.25) is 0 Å². The Bertz CT molecular complexity index is 85.1. The van der Waals surface area contributed by atoms with E-state index >= 15 is 0 Å². The SMILES string of the molecule is CCOC(=N)CCCBr. The predicted molar refractivity (Wildman–Crippen MR) is 42.4 cm³/mol. The number of hydrogen-bond donors (Lipinski definition) is 1. The van der Waals surface area contributed by atoms with Crippen LogP contribution in [0.5, 0.6) is 0 Å². The minimum atomic E-state index is 0.400. The van der Waals surface area contributed by atoms with Crippen molar-refractivity contribution in [2.24, 2.45) is 0 Å². The third-order valence-electron chi connectivity index (χ3n) is 0.856. The van der Waals surface area contributed by atoms with Gasteiger partial charge in [0.2, 0.25) is 0 Å². The Morgan fingerprint density at radius 1 is 1.67 bits per heavy atom. The number of halogens is 1. The molecule has 0 radical (unpaired) electrons. The first-order valence-electron chi connectivity index (χ1n) is 3.07. The van der Waals surface area contributed by atoms with Crippen LogP contribution in [0.4, 0.5) is 0 Å². The highest BCUT2D eigenvalue weighted by atomic mass is 79.9. The summed E-state index contributed by atoms with van der Waals surface area (Å²) in [6, 6.07) is 0. The Hall–Kier alpha value is -0.0500. The van der Waals surface area contributed by atoms with Crippen molar-refractivity contribution in [1.82, 2.24) is 0 Å². The first-order valence-corrected chi connectivity index (χ1v) is 4.19. The van der Waals surface area contributed by atoms with Crippen LogP contribution in [0.3, 0.4) is 0 Å². The van der Waals surface area contributed by atoms with E-state index in [1.165, 1.54) is 0 Å². The van der Waals surface area contributed by atoms with Crippen molar-refractivity contribution in [1.29, 1.82) is 5.41 Å². The largest absolute Gasteiger partial charge is 0.481 e. The molecule has 1 N–H and O–H groups in total. The lowest BCUT2D eigenvalue weighted by molar-refractivity contribution is 0.314. The van der Waals surface area contributed by atoms with Crippen molar-refractivity contribution in [3.05, 3.63) is 0 Å². The normalized spacial score (nSPS) is 9.11. The van der Waals surface area contributed by atoms with Gasteiger partial charge < -0.3 is 4.74 Å². The average Bonchev–Trinajstić information content (AvgIpc) is 1.85. The first kappa shape index (κ1) is 8.95. The molecule has 0 aliphatic carbocycles. The zero-order chi connectivity index (χ0) is 7.11. The molecule has 0 aromatic carbocycles. The molecule has 0 atom stereocenters. The molecule has 2 nitrogen and oxygen atoms in total. The fraction of sp³-hybridized carbons (Fsp3) is 0.833. The molecule has 0 spiro atoms. The molecule has 0 rings (SSSR count). The summed E-state index contributed by atoms with van der Waals surface area (Å²) >= 11 is 3.28. The van der Waals surface area contributed by atoms with Gasteiger partial charge in [0.25, 0.3) is 0 Å². The molecule has 0 aromatic rings. The second kappa shape index (κ2) is 6.08. The molecular formula is C6H12BrNO. The van der Waals surface area contributed by atoms with Gasteiger partial charge in [0, 0.05) is 11.8 Å². The Balaban J connectivity index is 3.06. The number of nitrogens with one attached hydrogen (secondary N) is 1. The molecule has 54 valence electrons. The van der Waals surface area contributed by atoms with E-state index in [-0.39, 0.29) is 0 Å². The van der Waals surface area contributed by atoms with Crippen LogP contribution < -0.4 is 0 Å². The Morgan fingerprint density at radius 2 is 2.33 bits per heavy atom. The highest BCUT2D eigenvalue weighted by Crippen LogP contribution is 1.95. The highest BCUT2D eigenvalue weighted by molar-refractivity contribution is 9.09. The summed E-state index contributed by atoms with van der Waals surface area (Å²) in [5.41, 5.74) is 0. The summed E-state index contributed by atoms with van der Waals surface area (Å²) in [4.78, 5) is 0. The molecule has 9 heavy (non-hydrogen) atoms. The van der Waals surface area contributed by atoms with Gasteiger partial charge in [0.05, 0.1) is 6.61 Å². The standard InChI is InChI=1S/C6H12BrNO/c1-2-9-6(8)4-3-5-7/h8H,2-5H2,1H3. The van der Waals surface area contributed by atoms with Gasteiger partial charge in [0.1, 0.15) is 0 Å². The molecule has 0 saturated heterocycles. The van der Waals surface area contributed by atoms with Crippen LogP contribution in [0.1, 0.15) is 19.8 Å². The second-order valence-corrected chi connectivity index (χ2v) is 2.44. The third kappa shape index (κ3) is 5.83. The fourth-order valence-electron chi connectivity index (χ4n) is 0.474. The molecule has 0 aromatic heterocycles. The van der Waals surface area contributed by atoms with Crippen LogP contribution in [-0.4, -0.2) is 17.8 Å². The number of alkyl halides is 1. The lowest BCUT2D eigenvalue weighted by Gasteiger charge is -2.01. The first-order chi connectivity index (χ1) is 4.31. The highest BCUT2D eigenvalue weighted by Gasteiger charge is 1.93. The zero-order valence-electron chi connectivity index (χ0n) is 5.61. The van der Waals surface area contributed by atoms with Gasteiger partial charge in [-0.2, -0.15) is 0 Å². The fourth-order valence-corrected chi connectivity index (χ4v) is 0.754. The van der Waals surface area contributed by atoms with Gasteiger partial charge >= 0.3 is 0 Å². The van der Waals surface area contributed by atoms with E-state index in [0.29, 0.717) is 12.5 Å². The van der Waals surface area contributed by atoms with Crippen molar-refractivity contribution in [3.8, 4) is 0 Å². The third-order valence-corrected chi connectivity index (χ3v) is 1.42. The van der Waals surface area contributed by atoms with Gasteiger partial charge in [-0.05, 0) is 13.3 Å². The molecule has 0 heterocycles. The van der Waals surface area contributed by atoms with E-state index in [9.17, 15) is 0 Å². The van der Waals surface area contributed by atoms with Crippen molar-refractivity contribution < 1.29 is 4.74 Å². The molecule has 0 aliphatic heterocycles. The minimum Gasteiger partial charge on any atom is -0.481 e. The molecule has 0 saturated carbocycles. The maximum absolute atomic E-state index is 7.15. The lowest BCUT2D eigenvalue weighted by Crippen LogP contribution is -2.02. The second-order valence-electron chi connectivity index (χ2n) is 1.65. The maximum atomic E-state index is 7.15. The smallest absolute Gasteiger partial charge is 0.180 e. The molecule has 0 fully saturated rings. The number of ether oxygens (including phenoxy) is 1. The van der Waals surface area contributed by atoms with Crippen LogP contribution in [0, 0.1) is 5.41 Å². The van der Waals surface area contributed by atoms with E-state index < -0.39 is 0 Å². The van der Waals surface area contributed by atoms with Crippen LogP contribution in [0.25, 0.3) is 0 Å². The summed E-state index contributed by atoms with van der Waals surface area (Å²) in [6.07, 6.45) is 1.73.